The summed E-state index contributed by atoms with van der Waals surface area (Å²) in [5, 5.41) is 10.4. The van der Waals surface area contributed by atoms with E-state index in [0.717, 1.165) is 37.7 Å². The molecule has 2 aliphatic carbocycles. The first-order valence-electron chi connectivity index (χ1n) is 7.83. The van der Waals surface area contributed by atoms with Gasteiger partial charge in [0, 0.05) is 11.3 Å². The van der Waals surface area contributed by atoms with Crippen LogP contribution in [0.15, 0.2) is 11.6 Å². The minimum atomic E-state index is -0.248. The van der Waals surface area contributed by atoms with Crippen molar-refractivity contribution in [2.75, 3.05) is 0 Å². The van der Waals surface area contributed by atoms with Gasteiger partial charge < -0.3 is 5.11 Å². The lowest BCUT2D eigenvalue weighted by Gasteiger charge is -2.51. The monoisotopic (exact) mass is 264 g/mol. The van der Waals surface area contributed by atoms with E-state index >= 15 is 0 Å². The number of allylic oxidation sites excluding steroid dienone is 2. The number of fused-ring (bicyclic) bond motifs is 1. The van der Waals surface area contributed by atoms with Gasteiger partial charge in [-0.3, -0.25) is 4.79 Å². The van der Waals surface area contributed by atoms with Gasteiger partial charge in [-0.15, -0.1) is 0 Å². The van der Waals surface area contributed by atoms with Crippen molar-refractivity contribution < 1.29 is 9.90 Å². The van der Waals surface area contributed by atoms with E-state index in [1.807, 2.05) is 0 Å². The third-order valence-electron chi connectivity index (χ3n) is 5.64. The third-order valence-corrected chi connectivity index (χ3v) is 5.64. The van der Waals surface area contributed by atoms with Gasteiger partial charge in [0.15, 0.2) is 5.78 Å². The molecule has 2 fully saturated rings. The van der Waals surface area contributed by atoms with Crippen LogP contribution in [0.3, 0.4) is 0 Å². The highest BCUT2D eigenvalue weighted by Gasteiger charge is 2.51. The lowest BCUT2D eigenvalue weighted by molar-refractivity contribution is -0.133. The van der Waals surface area contributed by atoms with Gasteiger partial charge in [-0.05, 0) is 36.7 Å². The van der Waals surface area contributed by atoms with Gasteiger partial charge in [0.05, 0.1) is 6.10 Å². The SMILES string of the molecule is CCC(C)/C=C1/C[C@@]2(C)C(CCC[C@@H]2O)C(C)C1=O. The van der Waals surface area contributed by atoms with Crippen LogP contribution in [0.1, 0.15) is 59.8 Å². The summed E-state index contributed by atoms with van der Waals surface area (Å²) < 4.78 is 0. The molecule has 0 aromatic heterocycles. The maximum absolute atomic E-state index is 12.5. The second kappa shape index (κ2) is 5.40. The first-order chi connectivity index (χ1) is 8.90. The smallest absolute Gasteiger partial charge is 0.161 e. The fourth-order valence-electron chi connectivity index (χ4n) is 4.08. The van der Waals surface area contributed by atoms with Crippen molar-refractivity contribution in [3.05, 3.63) is 11.6 Å². The standard InChI is InChI=1S/C17H28O2/c1-5-11(2)9-13-10-17(4)14(12(3)16(13)19)7-6-8-15(17)18/h9,11-12,14-15,18H,5-8,10H2,1-4H3/b13-9-/t11?,12?,14?,15-,17-/m0/s1. The average Bonchev–Trinajstić information content (AvgIpc) is 2.38. The first kappa shape index (κ1) is 14.8. The van der Waals surface area contributed by atoms with Gasteiger partial charge in [-0.25, -0.2) is 0 Å². The molecule has 0 spiro atoms. The van der Waals surface area contributed by atoms with Crippen molar-refractivity contribution in [3.8, 4) is 0 Å². The lowest BCUT2D eigenvalue weighted by atomic mass is 9.54. The Morgan fingerprint density at radius 3 is 2.79 bits per heavy atom. The summed E-state index contributed by atoms with van der Waals surface area (Å²) >= 11 is 0. The summed E-state index contributed by atoms with van der Waals surface area (Å²) in [5.74, 6) is 1.21. The van der Waals surface area contributed by atoms with Crippen LogP contribution in [0, 0.1) is 23.2 Å². The number of hydrogen-bond donors (Lipinski definition) is 1. The Bertz CT molecular complexity index is 385. The predicted octanol–water partition coefficient (Wildman–Crippen LogP) is 3.74. The molecular formula is C17H28O2. The molecule has 2 rings (SSSR count). The van der Waals surface area contributed by atoms with E-state index < -0.39 is 0 Å². The van der Waals surface area contributed by atoms with Crippen molar-refractivity contribution >= 4 is 5.78 Å². The number of Topliss-reactive ketones (excluding diaryl/α,β-unsaturated/α-hetero) is 1. The second-order valence-corrected chi connectivity index (χ2v) is 6.97. The highest BCUT2D eigenvalue weighted by molar-refractivity contribution is 5.98. The maximum Gasteiger partial charge on any atom is 0.161 e. The molecule has 0 aromatic rings. The molecule has 3 unspecified atom stereocenters. The minimum absolute atomic E-state index is 0.0732. The Morgan fingerprint density at radius 1 is 1.47 bits per heavy atom. The van der Waals surface area contributed by atoms with Gasteiger partial charge >= 0.3 is 0 Å². The highest BCUT2D eigenvalue weighted by atomic mass is 16.3. The maximum atomic E-state index is 12.5. The van der Waals surface area contributed by atoms with Crippen LogP contribution in [-0.4, -0.2) is 17.0 Å². The van der Waals surface area contributed by atoms with Crippen molar-refractivity contribution in [2.24, 2.45) is 23.2 Å². The Balaban J connectivity index is 2.32. The fraction of sp³-hybridized carbons (Fsp3) is 0.824. The molecule has 2 heteroatoms. The zero-order valence-corrected chi connectivity index (χ0v) is 12.8. The Kier molecular flexibility index (Phi) is 4.20. The summed E-state index contributed by atoms with van der Waals surface area (Å²) in [6.07, 6.45) is 6.79. The molecule has 2 saturated carbocycles. The van der Waals surface area contributed by atoms with E-state index in [1.165, 1.54) is 0 Å². The zero-order chi connectivity index (χ0) is 14.2. The molecule has 19 heavy (non-hydrogen) atoms. The molecule has 108 valence electrons. The third kappa shape index (κ3) is 2.52. The molecule has 0 radical (unpaired) electrons. The summed E-state index contributed by atoms with van der Waals surface area (Å²) in [6, 6.07) is 0. The summed E-state index contributed by atoms with van der Waals surface area (Å²) in [6.45, 7) is 8.57. The fourth-order valence-corrected chi connectivity index (χ4v) is 4.08. The number of hydrogen-bond acceptors (Lipinski definition) is 2. The predicted molar refractivity (Wildman–Crippen MR) is 77.8 cm³/mol. The van der Waals surface area contributed by atoms with Gasteiger partial charge in [0.2, 0.25) is 0 Å². The summed E-state index contributed by atoms with van der Waals surface area (Å²) in [7, 11) is 0. The van der Waals surface area contributed by atoms with Crippen LogP contribution in [0.25, 0.3) is 0 Å². The van der Waals surface area contributed by atoms with Crippen molar-refractivity contribution in [3.63, 3.8) is 0 Å². The molecule has 0 aliphatic heterocycles. The van der Waals surface area contributed by atoms with Crippen molar-refractivity contribution in [2.45, 2.75) is 65.9 Å². The Labute approximate surface area is 117 Å². The molecule has 0 saturated heterocycles. The molecule has 2 nitrogen and oxygen atoms in total. The largest absolute Gasteiger partial charge is 0.393 e. The second-order valence-electron chi connectivity index (χ2n) is 6.97. The quantitative estimate of drug-likeness (QED) is 0.772. The normalized spacial score (nSPS) is 43.1. The van der Waals surface area contributed by atoms with E-state index in [0.29, 0.717) is 17.6 Å². The molecule has 2 aliphatic rings. The van der Waals surface area contributed by atoms with Crippen LogP contribution in [0.2, 0.25) is 0 Å². The van der Waals surface area contributed by atoms with E-state index in [2.05, 4.69) is 33.8 Å². The lowest BCUT2D eigenvalue weighted by Crippen LogP contribution is -2.51. The topological polar surface area (TPSA) is 37.3 Å². The average molecular weight is 264 g/mol. The van der Waals surface area contributed by atoms with Crippen molar-refractivity contribution in [1.82, 2.24) is 0 Å². The highest BCUT2D eigenvalue weighted by Crippen LogP contribution is 2.53. The molecule has 1 N–H and O–H groups in total. The molecule has 0 aromatic carbocycles. The van der Waals surface area contributed by atoms with E-state index in [4.69, 9.17) is 0 Å². The number of carbonyl (C=O) groups is 1. The first-order valence-corrected chi connectivity index (χ1v) is 7.83. The van der Waals surface area contributed by atoms with Gasteiger partial charge in [-0.1, -0.05) is 46.6 Å². The number of aliphatic hydroxyl groups excluding tert-OH is 1. The van der Waals surface area contributed by atoms with Crippen LogP contribution < -0.4 is 0 Å². The van der Waals surface area contributed by atoms with E-state index in [1.54, 1.807) is 0 Å². The molecule has 0 heterocycles. The molecule has 5 atom stereocenters. The number of ketones is 1. The molecule has 0 amide bonds. The number of carbonyl (C=O) groups excluding carboxylic acids is 1. The zero-order valence-electron chi connectivity index (χ0n) is 12.8. The van der Waals surface area contributed by atoms with E-state index in [9.17, 15) is 9.90 Å². The Hall–Kier alpha value is -0.630. The van der Waals surface area contributed by atoms with Crippen molar-refractivity contribution in [1.29, 1.82) is 0 Å². The summed E-state index contributed by atoms with van der Waals surface area (Å²) in [5.41, 5.74) is 0.881. The number of aliphatic hydroxyl groups is 1. The van der Waals surface area contributed by atoms with Crippen LogP contribution in [-0.2, 0) is 4.79 Å². The van der Waals surface area contributed by atoms with Crippen LogP contribution >= 0.6 is 0 Å². The number of rotatable bonds is 2. The van der Waals surface area contributed by atoms with Crippen LogP contribution in [0.4, 0.5) is 0 Å². The van der Waals surface area contributed by atoms with Gasteiger partial charge in [0.25, 0.3) is 0 Å². The Morgan fingerprint density at radius 2 is 2.16 bits per heavy atom. The van der Waals surface area contributed by atoms with Gasteiger partial charge in [-0.2, -0.15) is 0 Å². The minimum Gasteiger partial charge on any atom is -0.393 e. The van der Waals surface area contributed by atoms with E-state index in [-0.39, 0.29) is 17.4 Å². The molecule has 0 bridgehead atoms. The van der Waals surface area contributed by atoms with Crippen LogP contribution in [0.5, 0.6) is 0 Å². The summed E-state index contributed by atoms with van der Waals surface area (Å²) in [4.78, 5) is 12.5. The molecular weight excluding hydrogens is 236 g/mol. The van der Waals surface area contributed by atoms with Gasteiger partial charge in [0.1, 0.15) is 0 Å².